The second-order valence-corrected chi connectivity index (χ2v) is 9.86. The molecule has 2 N–H and O–H groups in total. The van der Waals surface area contributed by atoms with E-state index in [1.165, 1.54) is 12.1 Å². The van der Waals surface area contributed by atoms with Crippen LogP contribution in [-0.2, 0) is 14.8 Å². The van der Waals surface area contributed by atoms with Gasteiger partial charge in [-0.05, 0) is 60.7 Å². The summed E-state index contributed by atoms with van der Waals surface area (Å²) in [4.78, 5) is 13.3. The van der Waals surface area contributed by atoms with E-state index in [0.29, 0.717) is 23.5 Å². The molecule has 29 heavy (non-hydrogen) atoms. The molecule has 0 radical (unpaired) electrons. The molecule has 3 aromatic carbocycles. The summed E-state index contributed by atoms with van der Waals surface area (Å²) in [6.45, 7) is 0. The molecule has 150 valence electrons. The highest BCUT2D eigenvalue weighted by Gasteiger charge is 2.14. The van der Waals surface area contributed by atoms with Gasteiger partial charge in [-0.2, -0.15) is 0 Å². The van der Waals surface area contributed by atoms with Crippen molar-refractivity contribution in [2.75, 3.05) is 15.8 Å². The molecule has 0 heterocycles. The molecule has 0 saturated carbocycles. The largest absolute Gasteiger partial charge is 0.326 e. The minimum atomic E-state index is -3.70. The quantitative estimate of drug-likeness (QED) is 0.416. The van der Waals surface area contributed by atoms with Crippen LogP contribution in [0.3, 0.4) is 0 Å². The van der Waals surface area contributed by atoms with E-state index >= 15 is 0 Å². The number of hydrogen-bond donors (Lipinski definition) is 2. The number of anilines is 2. The van der Waals surface area contributed by atoms with Gasteiger partial charge in [-0.15, -0.1) is 11.8 Å². The summed E-state index contributed by atoms with van der Waals surface area (Å²) in [5.74, 6) is 0.552. The Morgan fingerprint density at radius 1 is 0.862 bits per heavy atom. The van der Waals surface area contributed by atoms with Crippen LogP contribution in [0.1, 0.15) is 6.42 Å². The topological polar surface area (TPSA) is 75.3 Å². The molecule has 5 nitrogen and oxygen atoms in total. The van der Waals surface area contributed by atoms with E-state index in [-0.39, 0.29) is 10.8 Å². The fourth-order valence-electron chi connectivity index (χ4n) is 2.45. The molecule has 3 aromatic rings. The summed E-state index contributed by atoms with van der Waals surface area (Å²) in [6, 6.07) is 22.8. The number of rotatable bonds is 8. The number of halogens is 1. The highest BCUT2D eigenvalue weighted by molar-refractivity contribution is 9.10. The Morgan fingerprint density at radius 3 is 2.14 bits per heavy atom. The first-order chi connectivity index (χ1) is 13.9. The molecule has 1 amide bonds. The summed E-state index contributed by atoms with van der Waals surface area (Å²) in [5.41, 5.74) is 1.03. The molecule has 0 aliphatic carbocycles. The van der Waals surface area contributed by atoms with Gasteiger partial charge in [0, 0.05) is 32.9 Å². The minimum absolute atomic E-state index is 0.114. The van der Waals surface area contributed by atoms with Gasteiger partial charge in [0.2, 0.25) is 5.91 Å². The standard InChI is InChI=1S/C21H19BrN2O3S2/c22-16-6-8-18(9-7-16)24-29(26,27)20-12-10-17(11-13-20)23-21(25)14-15-28-19-4-2-1-3-5-19/h1-13,24H,14-15H2,(H,23,25). The van der Waals surface area contributed by atoms with Crippen molar-refractivity contribution >= 4 is 55.0 Å². The van der Waals surface area contributed by atoms with Crippen molar-refractivity contribution in [1.29, 1.82) is 0 Å². The second-order valence-electron chi connectivity index (χ2n) is 6.10. The van der Waals surface area contributed by atoms with Crippen LogP contribution in [0.4, 0.5) is 11.4 Å². The Kier molecular flexibility index (Phi) is 7.35. The zero-order chi connectivity index (χ0) is 20.7. The summed E-state index contributed by atoms with van der Waals surface area (Å²) < 4.78 is 28.4. The third kappa shape index (κ3) is 6.62. The smallest absolute Gasteiger partial charge is 0.261 e. The molecule has 0 fully saturated rings. The van der Waals surface area contributed by atoms with Gasteiger partial charge >= 0.3 is 0 Å². The van der Waals surface area contributed by atoms with Crippen molar-refractivity contribution in [1.82, 2.24) is 0 Å². The van der Waals surface area contributed by atoms with Crippen LogP contribution in [0, 0.1) is 0 Å². The van der Waals surface area contributed by atoms with Crippen molar-refractivity contribution in [3.8, 4) is 0 Å². The number of hydrogen-bond acceptors (Lipinski definition) is 4. The van der Waals surface area contributed by atoms with Gasteiger partial charge in [0.05, 0.1) is 4.90 Å². The predicted octanol–water partition coefficient (Wildman–Crippen LogP) is 5.37. The molecule has 0 unspecified atom stereocenters. The maximum absolute atomic E-state index is 12.5. The number of thioether (sulfide) groups is 1. The van der Waals surface area contributed by atoms with Crippen LogP contribution in [0.2, 0.25) is 0 Å². The van der Waals surface area contributed by atoms with Gasteiger partial charge in [0.25, 0.3) is 10.0 Å². The lowest BCUT2D eigenvalue weighted by Crippen LogP contribution is -2.14. The van der Waals surface area contributed by atoms with Crippen LogP contribution in [0.5, 0.6) is 0 Å². The van der Waals surface area contributed by atoms with Crippen LogP contribution in [-0.4, -0.2) is 20.1 Å². The summed E-state index contributed by atoms with van der Waals surface area (Å²) in [5, 5.41) is 2.79. The van der Waals surface area contributed by atoms with Gasteiger partial charge in [0.1, 0.15) is 0 Å². The molecular weight excluding hydrogens is 472 g/mol. The number of carbonyl (C=O) groups is 1. The monoisotopic (exact) mass is 490 g/mol. The zero-order valence-corrected chi connectivity index (χ0v) is 18.6. The Hall–Kier alpha value is -2.29. The van der Waals surface area contributed by atoms with Gasteiger partial charge in [-0.1, -0.05) is 34.1 Å². The van der Waals surface area contributed by atoms with Crippen LogP contribution < -0.4 is 10.0 Å². The Balaban J connectivity index is 1.53. The maximum atomic E-state index is 12.5. The lowest BCUT2D eigenvalue weighted by molar-refractivity contribution is -0.115. The molecule has 0 atom stereocenters. The first-order valence-electron chi connectivity index (χ1n) is 8.78. The number of carbonyl (C=O) groups excluding carboxylic acids is 1. The summed E-state index contributed by atoms with van der Waals surface area (Å²) in [6.07, 6.45) is 0.366. The van der Waals surface area contributed by atoms with Crippen molar-refractivity contribution in [2.24, 2.45) is 0 Å². The SMILES string of the molecule is O=C(CCSc1ccccc1)Nc1ccc(S(=O)(=O)Nc2ccc(Br)cc2)cc1. The molecule has 0 saturated heterocycles. The Bertz CT molecular complexity index is 1060. The van der Waals surface area contributed by atoms with Gasteiger partial charge in [-0.25, -0.2) is 8.42 Å². The zero-order valence-electron chi connectivity index (χ0n) is 15.3. The van der Waals surface area contributed by atoms with E-state index in [4.69, 9.17) is 0 Å². The van der Waals surface area contributed by atoms with Crippen molar-refractivity contribution in [3.05, 3.63) is 83.3 Å². The highest BCUT2D eigenvalue weighted by atomic mass is 79.9. The van der Waals surface area contributed by atoms with E-state index in [1.807, 2.05) is 30.3 Å². The van der Waals surface area contributed by atoms with Crippen LogP contribution >= 0.6 is 27.7 Å². The molecule has 8 heteroatoms. The number of nitrogens with one attached hydrogen (secondary N) is 2. The highest BCUT2D eigenvalue weighted by Crippen LogP contribution is 2.21. The van der Waals surface area contributed by atoms with Crippen LogP contribution in [0.15, 0.2) is 93.1 Å². The van der Waals surface area contributed by atoms with E-state index in [0.717, 1.165) is 9.37 Å². The molecule has 0 aliphatic heterocycles. The third-order valence-corrected chi connectivity index (χ3v) is 6.83. The van der Waals surface area contributed by atoms with Crippen molar-refractivity contribution < 1.29 is 13.2 Å². The average Bonchev–Trinajstić information content (AvgIpc) is 2.71. The van der Waals surface area contributed by atoms with Gasteiger partial charge < -0.3 is 5.32 Å². The first-order valence-corrected chi connectivity index (χ1v) is 12.0. The van der Waals surface area contributed by atoms with Crippen molar-refractivity contribution in [3.63, 3.8) is 0 Å². The average molecular weight is 491 g/mol. The molecule has 0 bridgehead atoms. The third-order valence-electron chi connectivity index (χ3n) is 3.89. The fraction of sp³-hybridized carbons (Fsp3) is 0.0952. The van der Waals surface area contributed by atoms with E-state index < -0.39 is 10.0 Å². The molecule has 0 aliphatic rings. The molecule has 0 aromatic heterocycles. The first kappa shape index (κ1) is 21.4. The summed E-state index contributed by atoms with van der Waals surface area (Å²) in [7, 11) is -3.70. The van der Waals surface area contributed by atoms with E-state index in [9.17, 15) is 13.2 Å². The molecule has 0 spiro atoms. The van der Waals surface area contributed by atoms with E-state index in [1.54, 1.807) is 48.2 Å². The maximum Gasteiger partial charge on any atom is 0.261 e. The minimum Gasteiger partial charge on any atom is -0.326 e. The molecular formula is C21H19BrN2O3S2. The predicted molar refractivity (Wildman–Crippen MR) is 122 cm³/mol. The normalized spacial score (nSPS) is 11.1. The van der Waals surface area contributed by atoms with Gasteiger partial charge in [0.15, 0.2) is 0 Å². The van der Waals surface area contributed by atoms with Crippen molar-refractivity contribution in [2.45, 2.75) is 16.2 Å². The molecule has 3 rings (SSSR count). The fourth-order valence-corrected chi connectivity index (χ4v) is 4.65. The Morgan fingerprint density at radius 2 is 1.48 bits per heavy atom. The second kappa shape index (κ2) is 9.96. The number of benzene rings is 3. The summed E-state index contributed by atoms with van der Waals surface area (Å²) >= 11 is 4.93. The Labute approximate surface area is 183 Å². The van der Waals surface area contributed by atoms with Gasteiger partial charge in [-0.3, -0.25) is 9.52 Å². The van der Waals surface area contributed by atoms with Crippen LogP contribution in [0.25, 0.3) is 0 Å². The number of amides is 1. The number of sulfonamides is 1. The lowest BCUT2D eigenvalue weighted by Gasteiger charge is -2.10. The van der Waals surface area contributed by atoms with E-state index in [2.05, 4.69) is 26.0 Å². The lowest BCUT2D eigenvalue weighted by atomic mass is 10.3.